The molecule has 0 bridgehead atoms. The first kappa shape index (κ1) is 27.4. The highest BCUT2D eigenvalue weighted by molar-refractivity contribution is 6.04. The van der Waals surface area contributed by atoms with Crippen LogP contribution in [0.15, 0.2) is 47.4 Å². The van der Waals surface area contributed by atoms with Crippen LogP contribution in [0.25, 0.3) is 22.4 Å². The minimum atomic E-state index is -0.644. The van der Waals surface area contributed by atoms with Crippen molar-refractivity contribution in [1.29, 1.82) is 0 Å². The van der Waals surface area contributed by atoms with Gasteiger partial charge in [-0.3, -0.25) is 19.1 Å². The molecule has 5 rings (SSSR count). The number of rotatable bonds is 7. The summed E-state index contributed by atoms with van der Waals surface area (Å²) in [5.41, 5.74) is 4.49. The number of alkyl halides is 1. The maximum Gasteiger partial charge on any atom is 0.278 e. The molecule has 4 aromatic rings. The molecule has 1 fully saturated rings. The Kier molecular flexibility index (Phi) is 7.85. The van der Waals surface area contributed by atoms with Gasteiger partial charge < -0.3 is 15.5 Å². The van der Waals surface area contributed by atoms with E-state index in [0.29, 0.717) is 46.0 Å². The Labute approximate surface area is 231 Å². The third-order valence-corrected chi connectivity index (χ3v) is 7.38. The van der Waals surface area contributed by atoms with E-state index in [2.05, 4.69) is 42.4 Å². The number of carbonyl (C=O) groups excluding carboxylic acids is 1. The second-order valence-electron chi connectivity index (χ2n) is 10.2. The standard InChI is InChI=1S/C29H33FN8O2/c1-18-5-8-22(14-23(18)25-28(40)37(4)26-24(34-25)16-32-29(31-2)35-26)33-27(39)19-6-7-20(21(13-19)15-30)17-38-11-9-36(3)10-12-38/h5-8,13-14,16H,9-12,15,17H2,1-4H3,(H,33,39)(H,31,32,35). The van der Waals surface area contributed by atoms with Gasteiger partial charge in [0.2, 0.25) is 5.95 Å². The van der Waals surface area contributed by atoms with Gasteiger partial charge in [0.05, 0.1) is 6.20 Å². The van der Waals surface area contributed by atoms with Crippen LogP contribution in [0.5, 0.6) is 0 Å². The second kappa shape index (κ2) is 11.5. The molecule has 3 heterocycles. The molecule has 0 atom stereocenters. The first-order valence-corrected chi connectivity index (χ1v) is 13.2. The highest BCUT2D eigenvalue weighted by atomic mass is 19.1. The average Bonchev–Trinajstić information content (AvgIpc) is 2.97. The Bertz CT molecular complexity index is 1630. The van der Waals surface area contributed by atoms with Crippen LogP contribution in [0.1, 0.15) is 27.0 Å². The molecule has 0 spiro atoms. The molecule has 208 valence electrons. The highest BCUT2D eigenvalue weighted by Gasteiger charge is 2.18. The van der Waals surface area contributed by atoms with Crippen LogP contribution in [0.2, 0.25) is 0 Å². The number of hydrogen-bond donors (Lipinski definition) is 2. The summed E-state index contributed by atoms with van der Waals surface area (Å²) in [7, 11) is 5.44. The number of halogens is 1. The van der Waals surface area contributed by atoms with Crippen LogP contribution < -0.4 is 16.2 Å². The predicted octanol–water partition coefficient (Wildman–Crippen LogP) is 3.21. The normalized spacial score (nSPS) is 14.4. The highest BCUT2D eigenvalue weighted by Crippen LogP contribution is 2.25. The third kappa shape index (κ3) is 5.56. The van der Waals surface area contributed by atoms with Crippen LogP contribution in [0.3, 0.4) is 0 Å². The van der Waals surface area contributed by atoms with Crippen molar-refractivity contribution in [2.45, 2.75) is 20.1 Å². The van der Waals surface area contributed by atoms with Gasteiger partial charge in [-0.15, -0.1) is 0 Å². The maximum absolute atomic E-state index is 14.0. The zero-order valence-corrected chi connectivity index (χ0v) is 23.2. The molecule has 1 aliphatic heterocycles. The number of amides is 1. The molecule has 0 radical (unpaired) electrons. The van der Waals surface area contributed by atoms with Gasteiger partial charge in [0.25, 0.3) is 11.5 Å². The van der Waals surface area contributed by atoms with E-state index in [1.807, 2.05) is 19.1 Å². The molecule has 2 N–H and O–H groups in total. The van der Waals surface area contributed by atoms with Crippen molar-refractivity contribution < 1.29 is 9.18 Å². The number of carbonyl (C=O) groups is 1. The molecular formula is C29H33FN8O2. The number of benzene rings is 2. The first-order valence-electron chi connectivity index (χ1n) is 13.2. The lowest BCUT2D eigenvalue weighted by Gasteiger charge is -2.32. The number of nitrogens with zero attached hydrogens (tertiary/aromatic N) is 6. The smallest absolute Gasteiger partial charge is 0.278 e. The SMILES string of the molecule is CNc1ncc2nc(-c3cc(NC(=O)c4ccc(CN5CCN(C)CC5)c(CF)c4)ccc3C)c(=O)n(C)c2n1. The van der Waals surface area contributed by atoms with E-state index in [4.69, 9.17) is 0 Å². The zero-order chi connectivity index (χ0) is 28.4. The summed E-state index contributed by atoms with van der Waals surface area (Å²) in [6, 6.07) is 10.5. The van der Waals surface area contributed by atoms with Crippen LogP contribution >= 0.6 is 0 Å². The number of fused-ring (bicyclic) bond motifs is 1. The van der Waals surface area contributed by atoms with Gasteiger partial charge in [0.1, 0.15) is 17.9 Å². The molecule has 2 aromatic carbocycles. The topological polar surface area (TPSA) is 108 Å². The van der Waals surface area contributed by atoms with Crippen molar-refractivity contribution in [3.8, 4) is 11.3 Å². The van der Waals surface area contributed by atoms with Gasteiger partial charge in [0, 0.05) is 63.6 Å². The summed E-state index contributed by atoms with van der Waals surface area (Å²) in [4.78, 5) is 44.1. The summed E-state index contributed by atoms with van der Waals surface area (Å²) >= 11 is 0. The minimum absolute atomic E-state index is 0.234. The van der Waals surface area contributed by atoms with Crippen LogP contribution in [0.4, 0.5) is 16.0 Å². The Morgan fingerprint density at radius 2 is 1.80 bits per heavy atom. The molecule has 2 aromatic heterocycles. The number of aryl methyl sites for hydroxylation is 2. The fourth-order valence-electron chi connectivity index (χ4n) is 4.86. The van der Waals surface area contributed by atoms with E-state index in [1.54, 1.807) is 44.6 Å². The van der Waals surface area contributed by atoms with Crippen molar-refractivity contribution in [3.05, 3.63) is 75.2 Å². The lowest BCUT2D eigenvalue weighted by atomic mass is 10.0. The second-order valence-corrected chi connectivity index (χ2v) is 10.2. The molecular weight excluding hydrogens is 511 g/mol. The van der Waals surface area contributed by atoms with E-state index in [1.165, 1.54) is 4.57 Å². The van der Waals surface area contributed by atoms with Gasteiger partial charge in [-0.25, -0.2) is 14.4 Å². The lowest BCUT2D eigenvalue weighted by molar-refractivity contribution is 0.102. The van der Waals surface area contributed by atoms with E-state index in [0.717, 1.165) is 37.3 Å². The molecule has 0 aliphatic carbocycles. The number of likely N-dealkylation sites (N-methyl/N-ethyl adjacent to an activating group) is 1. The monoisotopic (exact) mass is 544 g/mol. The van der Waals surface area contributed by atoms with Gasteiger partial charge in [0.15, 0.2) is 5.65 Å². The fraction of sp³-hybridized carbons (Fsp3) is 0.345. The van der Waals surface area contributed by atoms with Gasteiger partial charge >= 0.3 is 0 Å². The van der Waals surface area contributed by atoms with Crippen LogP contribution in [-0.2, 0) is 20.3 Å². The summed E-state index contributed by atoms with van der Waals surface area (Å²) in [5, 5.41) is 5.75. The maximum atomic E-state index is 14.0. The average molecular weight is 545 g/mol. The van der Waals surface area contributed by atoms with Crippen molar-refractivity contribution in [2.24, 2.45) is 7.05 Å². The summed E-state index contributed by atoms with van der Waals surface area (Å²) in [6.07, 6.45) is 1.56. The molecule has 40 heavy (non-hydrogen) atoms. The lowest BCUT2D eigenvalue weighted by Crippen LogP contribution is -2.44. The Hall–Kier alpha value is -4.22. The Morgan fingerprint density at radius 3 is 2.52 bits per heavy atom. The van der Waals surface area contributed by atoms with E-state index < -0.39 is 6.67 Å². The van der Waals surface area contributed by atoms with Crippen LogP contribution in [0, 0.1) is 6.92 Å². The number of anilines is 2. The first-order chi connectivity index (χ1) is 19.3. The third-order valence-electron chi connectivity index (χ3n) is 7.38. The quantitative estimate of drug-likeness (QED) is 0.365. The number of piperazine rings is 1. The van der Waals surface area contributed by atoms with E-state index >= 15 is 0 Å². The zero-order valence-electron chi connectivity index (χ0n) is 23.2. The number of aromatic nitrogens is 4. The van der Waals surface area contributed by atoms with Crippen LogP contribution in [-0.4, -0.2) is 75.5 Å². The van der Waals surface area contributed by atoms with E-state index in [9.17, 15) is 14.0 Å². The molecule has 11 heteroatoms. The van der Waals surface area contributed by atoms with Crippen molar-refractivity contribution in [1.82, 2.24) is 29.3 Å². The minimum Gasteiger partial charge on any atom is -0.357 e. The summed E-state index contributed by atoms with van der Waals surface area (Å²) < 4.78 is 15.4. The predicted molar refractivity (Wildman–Crippen MR) is 154 cm³/mol. The molecule has 1 aliphatic rings. The van der Waals surface area contributed by atoms with Gasteiger partial charge in [-0.2, -0.15) is 4.98 Å². The molecule has 0 unspecified atom stereocenters. The van der Waals surface area contributed by atoms with Gasteiger partial charge in [-0.05, 0) is 54.9 Å². The van der Waals surface area contributed by atoms with Crippen molar-refractivity contribution in [3.63, 3.8) is 0 Å². The fourth-order valence-corrected chi connectivity index (χ4v) is 4.86. The van der Waals surface area contributed by atoms with Crippen molar-refractivity contribution >= 4 is 28.7 Å². The summed E-state index contributed by atoms with van der Waals surface area (Å²) in [6.45, 7) is 5.71. The molecule has 0 saturated carbocycles. The number of hydrogen-bond acceptors (Lipinski definition) is 8. The molecule has 1 saturated heterocycles. The van der Waals surface area contributed by atoms with Crippen molar-refractivity contribution in [2.75, 3.05) is 50.9 Å². The largest absolute Gasteiger partial charge is 0.357 e. The number of nitrogens with one attached hydrogen (secondary N) is 2. The Balaban J connectivity index is 1.39. The summed E-state index contributed by atoms with van der Waals surface area (Å²) in [5.74, 6) is 0.0317. The molecule has 10 nitrogen and oxygen atoms in total. The van der Waals surface area contributed by atoms with E-state index in [-0.39, 0.29) is 17.2 Å². The Morgan fingerprint density at radius 1 is 1.02 bits per heavy atom. The van der Waals surface area contributed by atoms with Gasteiger partial charge in [-0.1, -0.05) is 12.1 Å². The molecule has 1 amide bonds.